The van der Waals surface area contributed by atoms with Crippen LogP contribution in [-0.4, -0.2) is 67.7 Å². The minimum Gasteiger partial charge on any atom is -0.348 e. The van der Waals surface area contributed by atoms with Crippen LogP contribution in [0.25, 0.3) is 10.4 Å². The summed E-state index contributed by atoms with van der Waals surface area (Å²) in [6.07, 6.45) is 13.2. The Morgan fingerprint density at radius 2 is 1.79 bits per heavy atom. The van der Waals surface area contributed by atoms with E-state index in [1.165, 1.54) is 12.7 Å². The van der Waals surface area contributed by atoms with Crippen molar-refractivity contribution in [2.24, 2.45) is 10.8 Å². The second kappa shape index (κ2) is 17.7. The van der Waals surface area contributed by atoms with Crippen molar-refractivity contribution in [2.75, 3.05) is 13.1 Å². The number of hydrogen-bond donors (Lipinski definition) is 4. The largest absolute Gasteiger partial charge is 0.348 e. The van der Waals surface area contributed by atoms with Crippen LogP contribution in [0.15, 0.2) is 30.2 Å². The van der Waals surface area contributed by atoms with Crippen LogP contribution in [0, 0.1) is 0 Å². The summed E-state index contributed by atoms with van der Waals surface area (Å²) in [7, 11) is 0. The van der Waals surface area contributed by atoms with Crippen molar-refractivity contribution in [1.29, 1.82) is 0 Å². The molecule has 13 nitrogen and oxygen atoms in total. The first-order valence-electron chi connectivity index (χ1n) is 13.3. The highest BCUT2D eigenvalue weighted by Gasteiger charge is 2.30. The van der Waals surface area contributed by atoms with Crippen LogP contribution in [0.4, 0.5) is 0 Å². The Labute approximate surface area is 223 Å². The smallest absolute Gasteiger partial charge is 0.252 e. The predicted octanol–water partition coefficient (Wildman–Crippen LogP) is 2.93. The molecule has 2 atom stereocenters. The zero-order chi connectivity index (χ0) is 27.6. The Morgan fingerprint density at radius 3 is 2.42 bits per heavy atom. The number of aromatic nitrogens is 4. The molecule has 2 heterocycles. The van der Waals surface area contributed by atoms with Gasteiger partial charge in [-0.1, -0.05) is 37.7 Å². The molecule has 2 aromatic heterocycles. The van der Waals surface area contributed by atoms with Gasteiger partial charge in [-0.2, -0.15) is 0 Å². The first kappa shape index (κ1) is 30.5. The fraction of sp³-hybridized carbons (Fsp3) is 0.640. The monoisotopic (exact) mass is 528 g/mol. The molecular weight excluding hydrogens is 488 g/mol. The summed E-state index contributed by atoms with van der Waals surface area (Å²) in [5.74, 6) is -1.22. The number of rotatable bonds is 19. The van der Waals surface area contributed by atoms with Crippen molar-refractivity contribution in [2.45, 2.75) is 89.6 Å². The number of nitrogens with zero attached hydrogens (tertiary/aromatic N) is 6. The maximum Gasteiger partial charge on any atom is 0.252 e. The van der Waals surface area contributed by atoms with Gasteiger partial charge in [-0.3, -0.25) is 19.3 Å². The Bertz CT molecular complexity index is 1000. The van der Waals surface area contributed by atoms with Crippen molar-refractivity contribution >= 4 is 17.7 Å². The summed E-state index contributed by atoms with van der Waals surface area (Å²) in [5, 5.41) is 6.69. The Morgan fingerprint density at radius 1 is 1.08 bits per heavy atom. The number of hydrogen-bond acceptors (Lipinski definition) is 7. The van der Waals surface area contributed by atoms with Gasteiger partial charge in [-0.05, 0) is 24.8 Å². The number of unbranched alkanes of at least 4 members (excludes halogenated alkanes) is 3. The second-order valence-electron chi connectivity index (χ2n) is 9.25. The summed E-state index contributed by atoms with van der Waals surface area (Å²) < 4.78 is 0. The average Bonchev–Trinajstić information content (AvgIpc) is 3.61. The lowest BCUT2D eigenvalue weighted by atomic mass is 10.0. The first-order valence-corrected chi connectivity index (χ1v) is 13.3. The Balaban J connectivity index is 2.03. The van der Waals surface area contributed by atoms with Crippen LogP contribution in [0.2, 0.25) is 0 Å². The third kappa shape index (κ3) is 11.1. The van der Waals surface area contributed by atoms with Crippen molar-refractivity contribution in [1.82, 2.24) is 30.2 Å². The molecular formula is C25H40N10O3. The van der Waals surface area contributed by atoms with E-state index in [0.29, 0.717) is 25.0 Å². The van der Waals surface area contributed by atoms with Gasteiger partial charge < -0.3 is 21.0 Å². The molecule has 13 heteroatoms. The molecule has 0 aliphatic heterocycles. The highest BCUT2D eigenvalue weighted by Crippen LogP contribution is 2.15. The molecule has 0 aliphatic carbocycles. The zero-order valence-electron chi connectivity index (χ0n) is 22.1. The molecule has 0 fully saturated rings. The number of nitrogens with one attached hydrogen (secondary N) is 3. The van der Waals surface area contributed by atoms with Gasteiger partial charge in [0.25, 0.3) is 5.91 Å². The molecule has 1 unspecified atom stereocenters. The predicted molar refractivity (Wildman–Crippen MR) is 142 cm³/mol. The molecule has 0 saturated heterocycles. The van der Waals surface area contributed by atoms with Crippen molar-refractivity contribution < 1.29 is 14.4 Å². The molecule has 0 spiro atoms. The molecule has 0 aliphatic rings. The number of carbonyl (C=O) groups excluding carboxylic acids is 3. The van der Waals surface area contributed by atoms with E-state index in [4.69, 9.17) is 11.3 Å². The van der Waals surface area contributed by atoms with Crippen LogP contribution in [0.1, 0.15) is 76.1 Å². The van der Waals surface area contributed by atoms with E-state index in [0.717, 1.165) is 42.7 Å². The number of azide groups is 1. The molecule has 0 bridgehead atoms. The second-order valence-corrected chi connectivity index (χ2v) is 9.25. The van der Waals surface area contributed by atoms with Gasteiger partial charge >= 0.3 is 0 Å². The highest BCUT2D eigenvalue weighted by atomic mass is 16.2. The molecule has 5 N–H and O–H groups in total. The van der Waals surface area contributed by atoms with E-state index in [-0.39, 0.29) is 44.3 Å². The third-order valence-corrected chi connectivity index (χ3v) is 6.24. The number of aromatic amines is 2. The minimum atomic E-state index is -0.964. The summed E-state index contributed by atoms with van der Waals surface area (Å²) >= 11 is 0. The maximum absolute atomic E-state index is 13.6. The summed E-state index contributed by atoms with van der Waals surface area (Å²) in [6.45, 7) is 2.37. The van der Waals surface area contributed by atoms with Crippen LogP contribution in [0.5, 0.6) is 0 Å². The van der Waals surface area contributed by atoms with E-state index in [1.54, 1.807) is 12.4 Å². The number of amides is 3. The fourth-order valence-corrected chi connectivity index (χ4v) is 4.18. The van der Waals surface area contributed by atoms with Gasteiger partial charge in [-0.15, -0.1) is 0 Å². The molecule has 2 rings (SSSR count). The quantitative estimate of drug-likeness (QED) is 0.0934. The molecule has 0 saturated carbocycles. The fourth-order valence-electron chi connectivity index (χ4n) is 4.18. The number of H-pyrrole nitrogens is 2. The first-order chi connectivity index (χ1) is 18.5. The SMILES string of the molecule is CCCCCCC(CCCC(=O)N[C@@H](Cc1cnc[nH]1)C(=O)N(CCc1cnc[nH]1)C(=O)CCN)N=[N+]=[N-]. The Hall–Kier alpha value is -3.70. The van der Waals surface area contributed by atoms with Crippen molar-refractivity contribution in [3.63, 3.8) is 0 Å². The topological polar surface area (TPSA) is 199 Å². The zero-order valence-corrected chi connectivity index (χ0v) is 22.1. The normalized spacial score (nSPS) is 12.4. The van der Waals surface area contributed by atoms with E-state index in [1.807, 2.05) is 0 Å². The lowest BCUT2D eigenvalue weighted by molar-refractivity contribution is -0.147. The molecule has 0 radical (unpaired) electrons. The van der Waals surface area contributed by atoms with Gasteiger partial charge in [0.1, 0.15) is 6.04 Å². The van der Waals surface area contributed by atoms with Crippen LogP contribution >= 0.6 is 0 Å². The molecule has 3 amide bonds. The summed E-state index contributed by atoms with van der Waals surface area (Å²) in [6, 6.07) is -1.12. The average molecular weight is 529 g/mol. The van der Waals surface area contributed by atoms with Crippen LogP contribution in [0.3, 0.4) is 0 Å². The number of imide groups is 1. The molecule has 0 aromatic carbocycles. The molecule has 38 heavy (non-hydrogen) atoms. The third-order valence-electron chi connectivity index (χ3n) is 6.24. The summed E-state index contributed by atoms with van der Waals surface area (Å²) in [5.41, 5.74) is 15.9. The number of nitrogens with two attached hydrogens (primary N) is 1. The van der Waals surface area contributed by atoms with Crippen molar-refractivity contribution in [3.05, 3.63) is 46.9 Å². The van der Waals surface area contributed by atoms with E-state index in [9.17, 15) is 14.4 Å². The van der Waals surface area contributed by atoms with Crippen LogP contribution < -0.4 is 11.1 Å². The van der Waals surface area contributed by atoms with Gasteiger partial charge in [0.15, 0.2) is 0 Å². The standard InChI is InChI=1S/C25H40N10O3/c1-2-3-4-5-7-19(33-34-27)8-6-9-23(36)32-22(14-21-16-29-18-31-21)25(38)35(24(37)10-12-26)13-11-20-15-28-17-30-20/h15-19,22H,2-14,26H2,1H3,(H,28,30)(H,29,31)(H,32,36)/t19?,22-/m0/s1. The molecule has 208 valence electrons. The van der Waals surface area contributed by atoms with E-state index < -0.39 is 17.9 Å². The number of carbonyl (C=O) groups is 3. The van der Waals surface area contributed by atoms with E-state index in [2.05, 4.69) is 42.2 Å². The van der Waals surface area contributed by atoms with Gasteiger partial charge in [0.05, 0.1) is 12.7 Å². The van der Waals surface area contributed by atoms with Gasteiger partial charge in [-0.25, -0.2) is 9.97 Å². The van der Waals surface area contributed by atoms with Gasteiger partial charge in [0, 0.05) is 73.5 Å². The van der Waals surface area contributed by atoms with Crippen molar-refractivity contribution in [3.8, 4) is 0 Å². The van der Waals surface area contributed by atoms with Gasteiger partial charge in [0.2, 0.25) is 11.8 Å². The highest BCUT2D eigenvalue weighted by molar-refractivity contribution is 5.99. The maximum atomic E-state index is 13.6. The van der Waals surface area contributed by atoms with E-state index >= 15 is 0 Å². The summed E-state index contributed by atoms with van der Waals surface area (Å²) in [4.78, 5) is 57.2. The van der Waals surface area contributed by atoms with Crippen LogP contribution in [-0.2, 0) is 27.2 Å². The molecule has 2 aromatic rings. The minimum absolute atomic E-state index is 0.0124. The lowest BCUT2D eigenvalue weighted by Gasteiger charge is -2.26. The number of imidazole rings is 2. The lowest BCUT2D eigenvalue weighted by Crippen LogP contribution is -2.52. The Kier molecular flexibility index (Phi) is 14.2.